The second-order valence-electron chi connectivity index (χ2n) is 4.99. The van der Waals surface area contributed by atoms with Crippen molar-refractivity contribution in [3.8, 4) is 0 Å². The lowest BCUT2D eigenvalue weighted by atomic mass is 10.0. The maximum Gasteiger partial charge on any atom is 0.237 e. The number of nitrogens with one attached hydrogen (secondary N) is 2. The highest BCUT2D eigenvalue weighted by molar-refractivity contribution is 5.81. The van der Waals surface area contributed by atoms with Crippen molar-refractivity contribution in [3.05, 3.63) is 0 Å². The van der Waals surface area contributed by atoms with Crippen LogP contribution in [0.15, 0.2) is 0 Å². The van der Waals surface area contributed by atoms with Crippen molar-refractivity contribution in [1.82, 2.24) is 15.5 Å². The molecule has 1 heterocycles. The van der Waals surface area contributed by atoms with Gasteiger partial charge in [0.15, 0.2) is 0 Å². The van der Waals surface area contributed by atoms with E-state index in [0.717, 1.165) is 19.5 Å². The molecule has 2 unspecified atom stereocenters. The van der Waals surface area contributed by atoms with Crippen LogP contribution in [0, 0.1) is 0 Å². The smallest absolute Gasteiger partial charge is 0.237 e. The summed E-state index contributed by atoms with van der Waals surface area (Å²) in [6.07, 6.45) is 5.07. The normalized spacial score (nSPS) is 22.5. The lowest BCUT2D eigenvalue weighted by molar-refractivity contribution is -0.125. The van der Waals surface area contributed by atoms with Gasteiger partial charge in [0.2, 0.25) is 5.91 Å². The van der Waals surface area contributed by atoms with Crippen LogP contribution in [-0.2, 0) is 4.79 Å². The Bertz CT molecular complexity index is 227. The molecule has 0 saturated carbocycles. The molecular weight excluding hydrogens is 214 g/mol. The first-order valence-electron chi connectivity index (χ1n) is 6.86. The molecule has 0 aromatic rings. The predicted octanol–water partition coefficient (Wildman–Crippen LogP) is 0.975. The highest BCUT2D eigenvalue weighted by Gasteiger charge is 2.19. The molecule has 2 atom stereocenters. The summed E-state index contributed by atoms with van der Waals surface area (Å²) >= 11 is 0. The third-order valence-electron chi connectivity index (χ3n) is 3.63. The number of carbonyl (C=O) groups is 1. The first-order valence-corrected chi connectivity index (χ1v) is 6.86. The third-order valence-corrected chi connectivity index (χ3v) is 3.63. The lowest BCUT2D eigenvalue weighted by Gasteiger charge is -2.28. The van der Waals surface area contributed by atoms with Gasteiger partial charge in [-0.05, 0) is 46.7 Å². The highest BCUT2D eigenvalue weighted by Crippen LogP contribution is 2.11. The first-order chi connectivity index (χ1) is 8.15. The van der Waals surface area contributed by atoms with Gasteiger partial charge >= 0.3 is 0 Å². The Kier molecular flexibility index (Phi) is 6.52. The molecule has 0 aliphatic carbocycles. The molecule has 4 heteroatoms. The minimum Gasteiger partial charge on any atom is -0.355 e. The van der Waals surface area contributed by atoms with Crippen LogP contribution in [0.1, 0.15) is 39.5 Å². The number of piperidine rings is 1. The van der Waals surface area contributed by atoms with Gasteiger partial charge < -0.3 is 10.6 Å². The van der Waals surface area contributed by atoms with E-state index >= 15 is 0 Å². The maximum absolute atomic E-state index is 11.7. The van der Waals surface area contributed by atoms with Crippen molar-refractivity contribution >= 4 is 5.91 Å². The second kappa shape index (κ2) is 7.67. The Morgan fingerprint density at radius 2 is 2.29 bits per heavy atom. The molecule has 4 nitrogen and oxygen atoms in total. The van der Waals surface area contributed by atoms with E-state index in [4.69, 9.17) is 0 Å². The molecule has 2 N–H and O–H groups in total. The van der Waals surface area contributed by atoms with Crippen molar-refractivity contribution < 1.29 is 4.79 Å². The maximum atomic E-state index is 11.7. The zero-order valence-corrected chi connectivity index (χ0v) is 11.5. The number of carbonyl (C=O) groups excluding carboxylic acids is 1. The summed E-state index contributed by atoms with van der Waals surface area (Å²) in [5.41, 5.74) is 0. The third kappa shape index (κ3) is 5.04. The van der Waals surface area contributed by atoms with Gasteiger partial charge in [0.05, 0.1) is 6.04 Å². The van der Waals surface area contributed by atoms with Crippen LogP contribution >= 0.6 is 0 Å². The van der Waals surface area contributed by atoms with Gasteiger partial charge in [-0.1, -0.05) is 6.42 Å². The minimum absolute atomic E-state index is 0.0291. The Morgan fingerprint density at radius 1 is 1.53 bits per heavy atom. The molecular formula is C13H27N3O. The monoisotopic (exact) mass is 241 g/mol. The molecule has 1 saturated heterocycles. The van der Waals surface area contributed by atoms with Crippen molar-refractivity contribution in [3.63, 3.8) is 0 Å². The van der Waals surface area contributed by atoms with Gasteiger partial charge in [-0.15, -0.1) is 0 Å². The molecule has 17 heavy (non-hydrogen) atoms. The molecule has 1 aliphatic rings. The predicted molar refractivity (Wildman–Crippen MR) is 71.0 cm³/mol. The Balaban J connectivity index is 2.22. The quantitative estimate of drug-likeness (QED) is 0.728. The van der Waals surface area contributed by atoms with Crippen LogP contribution in [0.3, 0.4) is 0 Å². The number of hydrogen-bond donors (Lipinski definition) is 2. The van der Waals surface area contributed by atoms with E-state index in [-0.39, 0.29) is 11.9 Å². The summed E-state index contributed by atoms with van der Waals surface area (Å²) in [5.74, 6) is 0.131. The summed E-state index contributed by atoms with van der Waals surface area (Å²) in [7, 11) is 2.03. The molecule has 0 radical (unpaired) electrons. The molecule has 1 fully saturated rings. The zero-order chi connectivity index (χ0) is 12.7. The van der Waals surface area contributed by atoms with Crippen LogP contribution in [0.5, 0.6) is 0 Å². The van der Waals surface area contributed by atoms with Gasteiger partial charge in [-0.3, -0.25) is 9.69 Å². The second-order valence-corrected chi connectivity index (χ2v) is 4.99. The van der Waals surface area contributed by atoms with Crippen LogP contribution in [0.25, 0.3) is 0 Å². The minimum atomic E-state index is -0.0291. The fraction of sp³-hybridized carbons (Fsp3) is 0.923. The van der Waals surface area contributed by atoms with Gasteiger partial charge in [-0.25, -0.2) is 0 Å². The molecule has 1 aliphatic heterocycles. The fourth-order valence-corrected chi connectivity index (χ4v) is 2.25. The van der Waals surface area contributed by atoms with E-state index in [1.165, 1.54) is 19.3 Å². The average molecular weight is 241 g/mol. The number of nitrogens with zero attached hydrogens (tertiary/aromatic N) is 1. The van der Waals surface area contributed by atoms with Crippen LogP contribution in [0.4, 0.5) is 0 Å². The van der Waals surface area contributed by atoms with Crippen LogP contribution in [0.2, 0.25) is 0 Å². The number of rotatable bonds is 6. The fourth-order valence-electron chi connectivity index (χ4n) is 2.25. The summed E-state index contributed by atoms with van der Waals surface area (Å²) in [6, 6.07) is 0.617. The Labute approximate surface area is 105 Å². The molecule has 0 aromatic carbocycles. The summed E-state index contributed by atoms with van der Waals surface area (Å²) in [4.78, 5) is 13.8. The average Bonchev–Trinajstić information content (AvgIpc) is 2.36. The van der Waals surface area contributed by atoms with E-state index in [1.54, 1.807) is 0 Å². The van der Waals surface area contributed by atoms with Gasteiger partial charge in [0.25, 0.3) is 0 Å². The van der Waals surface area contributed by atoms with Crippen LogP contribution < -0.4 is 10.6 Å². The molecule has 0 aromatic heterocycles. The van der Waals surface area contributed by atoms with E-state index < -0.39 is 0 Å². The summed E-state index contributed by atoms with van der Waals surface area (Å²) in [6.45, 7) is 6.77. The van der Waals surface area contributed by atoms with Crippen molar-refractivity contribution in [2.24, 2.45) is 0 Å². The summed E-state index contributed by atoms with van der Waals surface area (Å²) < 4.78 is 0. The number of hydrogen-bond acceptors (Lipinski definition) is 3. The van der Waals surface area contributed by atoms with Gasteiger partial charge in [0, 0.05) is 19.1 Å². The number of amides is 1. The van der Waals surface area contributed by atoms with Gasteiger partial charge in [0.1, 0.15) is 0 Å². The van der Waals surface area contributed by atoms with E-state index in [9.17, 15) is 4.79 Å². The molecule has 1 amide bonds. The topological polar surface area (TPSA) is 44.4 Å². The van der Waals surface area contributed by atoms with E-state index in [0.29, 0.717) is 12.6 Å². The van der Waals surface area contributed by atoms with Crippen molar-refractivity contribution in [2.45, 2.75) is 51.6 Å². The van der Waals surface area contributed by atoms with Gasteiger partial charge in [-0.2, -0.15) is 0 Å². The lowest BCUT2D eigenvalue weighted by Crippen LogP contribution is -2.45. The molecule has 0 bridgehead atoms. The van der Waals surface area contributed by atoms with Crippen molar-refractivity contribution in [1.29, 1.82) is 0 Å². The molecule has 100 valence electrons. The Hall–Kier alpha value is -0.610. The summed E-state index contributed by atoms with van der Waals surface area (Å²) in [5, 5.41) is 6.41. The first kappa shape index (κ1) is 14.5. The zero-order valence-electron chi connectivity index (χ0n) is 11.5. The molecule has 1 rings (SSSR count). The SMILES string of the molecule is CCNC(=O)C(C)N(C)CCC1CCCCN1. The molecule has 0 spiro atoms. The van der Waals surface area contributed by atoms with E-state index in [2.05, 4.69) is 15.5 Å². The van der Waals surface area contributed by atoms with E-state index in [1.807, 2.05) is 20.9 Å². The standard InChI is InChI=1S/C13H27N3O/c1-4-14-13(17)11(2)16(3)10-8-12-7-5-6-9-15-12/h11-12,15H,4-10H2,1-3H3,(H,14,17). The number of likely N-dealkylation sites (N-methyl/N-ethyl adjacent to an activating group) is 2. The largest absolute Gasteiger partial charge is 0.355 e. The van der Waals surface area contributed by atoms with Crippen molar-refractivity contribution in [2.75, 3.05) is 26.7 Å². The van der Waals surface area contributed by atoms with Crippen LogP contribution in [-0.4, -0.2) is 49.6 Å². The highest BCUT2D eigenvalue weighted by atomic mass is 16.2. The Morgan fingerprint density at radius 3 is 2.88 bits per heavy atom.